The number of non-ortho nitro benzene ring substituents is 1. The maximum Gasteiger partial charge on any atom is 0.408 e. The number of phosphoric ester groups is 1. The zero-order chi connectivity index (χ0) is 83.8. The number of ether oxygens (including phenoxy) is 11. The molecule has 2 aromatic rings. The minimum atomic E-state index is -5.75. The van der Waals surface area contributed by atoms with Crippen LogP contribution in [0.25, 0.3) is 11.0 Å². The number of esters is 2. The second kappa shape index (κ2) is 48.6. The summed E-state index contributed by atoms with van der Waals surface area (Å²) in [7, 11) is -5.75. The van der Waals surface area contributed by atoms with Crippen molar-refractivity contribution in [2.75, 3.05) is 57.9 Å². The molecule has 2 amide bonds. The van der Waals surface area contributed by atoms with Gasteiger partial charge in [0.1, 0.15) is 97.6 Å². The van der Waals surface area contributed by atoms with Crippen LogP contribution >= 0.6 is 7.82 Å². The number of unbranched alkanes of at least 4 members (excludes halogenated alkanes) is 20. The maximum absolute atomic E-state index is 15.1. The van der Waals surface area contributed by atoms with Crippen LogP contribution in [0.2, 0.25) is 0 Å². The van der Waals surface area contributed by atoms with E-state index in [1.165, 1.54) is 102 Å². The summed E-state index contributed by atoms with van der Waals surface area (Å²) in [6.45, 7) is 16.6. The van der Waals surface area contributed by atoms with E-state index in [4.69, 9.17) is 65.8 Å². The molecule has 664 valence electrons. The second-order valence-electron chi connectivity index (χ2n) is 33.2. The number of nitro benzene ring substituents is 1. The van der Waals surface area contributed by atoms with Crippen LogP contribution in [0.5, 0.6) is 0 Å². The molecule has 0 radical (unpaired) electrons. The fourth-order valence-corrected chi connectivity index (χ4v) is 17.4. The van der Waals surface area contributed by atoms with Gasteiger partial charge in [0.25, 0.3) is 7.82 Å². The number of aliphatic hydroxyl groups is 5. The number of hydrogen-bond acceptors (Lipinski definition) is 30. The van der Waals surface area contributed by atoms with Crippen molar-refractivity contribution in [1.29, 1.82) is 0 Å². The Balaban J connectivity index is 0.00000229. The number of nitrogens with one attached hydrogen (secondary N) is 4. The minimum absolute atomic E-state index is 0.00658. The molecule has 7 aliphatic rings. The molecule has 1 aromatic heterocycles. The molecule has 35 heteroatoms. The summed E-state index contributed by atoms with van der Waals surface area (Å²) < 4.78 is 103. The number of aliphatic hydroxyl groups excluding tert-OH is 5. The highest BCUT2D eigenvalue weighted by Crippen LogP contribution is 2.56. The van der Waals surface area contributed by atoms with Crippen LogP contribution in [0.4, 0.5) is 16.2 Å². The van der Waals surface area contributed by atoms with E-state index >= 15 is 9.46 Å². The topological polar surface area (TPSA) is 452 Å². The van der Waals surface area contributed by atoms with Crippen LogP contribution in [-0.2, 0) is 80.1 Å². The molecule has 9 N–H and O–H groups in total. The summed E-state index contributed by atoms with van der Waals surface area (Å²) in [5.41, 5.74) is -1.41. The molecule has 18 atom stereocenters. The molecular weight excluding hydrogens is 1530 g/mol. The molecule has 4 saturated heterocycles. The number of nitrogens with zero attached hydrogens (tertiary/aromatic N) is 3. The van der Waals surface area contributed by atoms with Crippen molar-refractivity contribution in [3.05, 3.63) is 22.2 Å². The molecule has 2 spiro atoms. The number of carbonyl (C=O) groups is 4. The fourth-order valence-electron chi connectivity index (χ4n) is 16.4. The first-order chi connectivity index (χ1) is 55.7. The van der Waals surface area contributed by atoms with Gasteiger partial charge in [-0.2, -0.15) is 0 Å². The number of hydrogen-bond donors (Lipinski definition) is 9. The van der Waals surface area contributed by atoms with Crippen LogP contribution in [0.3, 0.4) is 0 Å². The third-order valence-corrected chi connectivity index (χ3v) is 24.0. The minimum Gasteiger partial charge on any atom is -0.756 e. The van der Waals surface area contributed by atoms with Gasteiger partial charge in [0, 0.05) is 64.1 Å². The van der Waals surface area contributed by atoms with Crippen molar-refractivity contribution in [3.8, 4) is 0 Å². The molecule has 4 aliphatic heterocycles. The predicted molar refractivity (Wildman–Crippen MR) is 421 cm³/mol. The van der Waals surface area contributed by atoms with Gasteiger partial charge in [-0.15, -0.1) is 0 Å². The van der Waals surface area contributed by atoms with Crippen LogP contribution in [0.15, 0.2) is 16.8 Å². The van der Waals surface area contributed by atoms with E-state index in [-0.39, 0.29) is 48.2 Å². The maximum atomic E-state index is 15.1. The number of alkyl carbamates (subject to hydrolysis) is 1. The van der Waals surface area contributed by atoms with Crippen LogP contribution in [-0.4, -0.2) is 239 Å². The lowest BCUT2D eigenvalue weighted by molar-refractivity contribution is -0.894. The zero-order valence-electron chi connectivity index (χ0n) is 69.9. The summed E-state index contributed by atoms with van der Waals surface area (Å²) in [4.78, 5) is 83.1. The van der Waals surface area contributed by atoms with Gasteiger partial charge in [-0.05, 0) is 96.4 Å². The summed E-state index contributed by atoms with van der Waals surface area (Å²) in [5.74, 6) is -4.42. The largest absolute Gasteiger partial charge is 0.756 e. The number of phosphoric acid groups is 1. The van der Waals surface area contributed by atoms with Crippen molar-refractivity contribution >= 4 is 54.2 Å². The molecular formula is C81H138N7O27P. The lowest BCUT2D eigenvalue weighted by Gasteiger charge is -2.50. The molecule has 9 rings (SSSR count). The number of aromatic nitrogens is 2. The van der Waals surface area contributed by atoms with Gasteiger partial charge in [0.2, 0.25) is 11.4 Å². The molecule has 0 bridgehead atoms. The van der Waals surface area contributed by atoms with E-state index in [1.54, 1.807) is 25.7 Å². The Morgan fingerprint density at radius 3 is 1.63 bits per heavy atom. The average Bonchev–Trinajstić information content (AvgIpc) is 1.55. The Kier molecular flexibility index (Phi) is 40.5. The number of anilines is 1. The predicted octanol–water partition coefficient (Wildman–Crippen LogP) is 9.16. The van der Waals surface area contributed by atoms with Gasteiger partial charge < -0.3 is 112 Å². The normalized spacial score (nSPS) is 28.3. The third kappa shape index (κ3) is 29.4. The van der Waals surface area contributed by atoms with Crippen molar-refractivity contribution in [3.63, 3.8) is 0 Å². The Hall–Kier alpha value is -4.95. The van der Waals surface area contributed by atoms with Gasteiger partial charge in [-0.3, -0.25) is 29.1 Å². The average molecular weight is 1670 g/mol. The van der Waals surface area contributed by atoms with Crippen LogP contribution in [0, 0.1) is 10.1 Å². The SMILES string of the molecule is CCCCCCCCCCCCCC(=O)OC[C@H](COP(=O)([O-])O[C@H]1[C@H](O[C@H]2O[C@H](CNC(=O)CCNc3ccc([N+](=O)[O-])c4nonc34)[C@@H](O[C@H]3O[C@H](CO)[C@@H](O)[C@H](O)[C@@H]3O)[C@H](O)[C@H]2NC(=O)OC(C)(C)C)[C@H]2OC3(CCCCC3)O[C@@H]2[C@H]2OC3(CCCCC3)O[C@H]21)OC(=O)CCCCCCCCCCCCC.CC[NH+](CC)CC. The molecule has 116 heavy (non-hydrogen) atoms. The number of quaternary nitrogens is 1. The van der Waals surface area contributed by atoms with Crippen molar-refractivity contribution in [2.24, 2.45) is 0 Å². The summed E-state index contributed by atoms with van der Waals surface area (Å²) in [5, 5.41) is 83.8. The van der Waals surface area contributed by atoms with Crippen molar-refractivity contribution < 1.29 is 130 Å². The number of carbonyl (C=O) groups excluding carboxylic acids is 4. The Bertz CT molecular complexity index is 3280. The smallest absolute Gasteiger partial charge is 0.408 e. The first-order valence-electron chi connectivity index (χ1n) is 43.6. The lowest BCUT2D eigenvalue weighted by Crippen LogP contribution is -3.11. The first-order valence-corrected chi connectivity index (χ1v) is 45.0. The monoisotopic (exact) mass is 1670 g/mol. The lowest BCUT2D eigenvalue weighted by atomic mass is 9.84. The number of amides is 2. The zero-order valence-corrected chi connectivity index (χ0v) is 70.8. The van der Waals surface area contributed by atoms with E-state index in [2.05, 4.69) is 60.9 Å². The fraction of sp³-hybridized carbons (Fsp3) is 0.877. The van der Waals surface area contributed by atoms with E-state index < -0.39 is 184 Å². The molecule has 3 aliphatic carbocycles. The van der Waals surface area contributed by atoms with E-state index in [0.29, 0.717) is 64.2 Å². The number of benzene rings is 1. The van der Waals surface area contributed by atoms with E-state index in [1.807, 2.05) is 0 Å². The second-order valence-corrected chi connectivity index (χ2v) is 34.6. The standard InChI is InChI=1S/C75H123N6O27P.C6H15N/c1-6-8-10-12-14-16-18-20-22-24-28-34-54(84)95-46-48(97-55(85)35-29-25-23-21-19-17-15-13-11-9-7-2)47-96-109(93,94)107-69-64(65-66(103-74(102-65)39-30-26-31-40-74)67-68(69)105-75(104-67)41-32-27-33-42-75)101-70-58(78-72(90)106-73(3,4)5)60(87)63(100-71-62(89)61(88)59(86)52(45-82)99-71)51(98-70)44-77-53(83)38-43-76-49-36-37-50(81(91)92)57-56(49)79-108-80-57;1-4-7(5-2)6-3/h36-37,48,51-52,58-71,76,82,86-89H,6-35,38-47H2,1-5H3,(H,77,83)(H,78,90)(H,93,94);4-6H2,1-3H3/t48-,51-,52-,58-,59-,60-,61+,62+,63-,64-,65-,66+,67-,68-,69+,70-,71-;/m1./s1. The summed E-state index contributed by atoms with van der Waals surface area (Å²) in [6.07, 6.45) is 1.40. The number of nitro groups is 1. The van der Waals surface area contributed by atoms with Gasteiger partial charge >= 0.3 is 23.7 Å². The van der Waals surface area contributed by atoms with Gasteiger partial charge in [0.05, 0.1) is 43.5 Å². The van der Waals surface area contributed by atoms with Crippen LogP contribution in [0.1, 0.15) is 280 Å². The molecule has 3 saturated carbocycles. The van der Waals surface area contributed by atoms with Crippen molar-refractivity contribution in [2.45, 2.75) is 401 Å². The Labute approximate surface area is 683 Å². The molecule has 34 nitrogen and oxygen atoms in total. The summed E-state index contributed by atoms with van der Waals surface area (Å²) >= 11 is 0. The Morgan fingerprint density at radius 1 is 0.612 bits per heavy atom. The Morgan fingerprint density at radius 2 is 1.11 bits per heavy atom. The molecule has 1 aromatic carbocycles. The van der Waals surface area contributed by atoms with E-state index in [9.17, 15) is 54.8 Å². The molecule has 7 fully saturated rings. The van der Waals surface area contributed by atoms with Crippen molar-refractivity contribution in [1.82, 2.24) is 20.9 Å². The van der Waals surface area contributed by atoms with Gasteiger partial charge in [0.15, 0.2) is 35.8 Å². The highest BCUT2D eigenvalue weighted by atomic mass is 31.2. The van der Waals surface area contributed by atoms with E-state index in [0.717, 1.165) is 70.6 Å². The van der Waals surface area contributed by atoms with Gasteiger partial charge in [-0.1, -0.05) is 155 Å². The first kappa shape index (κ1) is 96.5. The summed E-state index contributed by atoms with van der Waals surface area (Å²) in [6, 6.07) is 0.714. The van der Waals surface area contributed by atoms with Gasteiger partial charge in [-0.25, -0.2) is 9.42 Å². The highest BCUT2D eigenvalue weighted by Gasteiger charge is 2.69. The highest BCUT2D eigenvalue weighted by molar-refractivity contribution is 7.45. The van der Waals surface area contributed by atoms with Crippen LogP contribution < -0.4 is 25.7 Å². The molecule has 1 unspecified atom stereocenters. The molecule has 5 heterocycles. The quantitative estimate of drug-likeness (QED) is 0.00744. The number of fused-ring (bicyclic) bond motifs is 4. The third-order valence-electron chi connectivity index (χ3n) is 23.0. The number of rotatable bonds is 48.